The highest BCUT2D eigenvalue weighted by molar-refractivity contribution is 5.96. The molecule has 2 rings (SSSR count). The van der Waals surface area contributed by atoms with Crippen LogP contribution in [0.2, 0.25) is 0 Å². The van der Waals surface area contributed by atoms with Crippen LogP contribution in [0.15, 0.2) is 18.2 Å². The molecular weight excluding hydrogens is 250 g/mol. The summed E-state index contributed by atoms with van der Waals surface area (Å²) in [5.74, 6) is 0.122. The maximum atomic E-state index is 7.56. The Morgan fingerprint density at radius 3 is 2.20 bits per heavy atom. The molecule has 0 saturated carbocycles. The molecule has 1 aromatic rings. The summed E-state index contributed by atoms with van der Waals surface area (Å²) >= 11 is 0. The monoisotopic (exact) mass is 275 g/mol. The predicted molar refractivity (Wildman–Crippen MR) is 83.7 cm³/mol. The van der Waals surface area contributed by atoms with E-state index in [2.05, 4.69) is 38.7 Å². The Hall–Kier alpha value is -1.55. The fraction of sp³-hybridized carbons (Fsp3) is 0.562. The van der Waals surface area contributed by atoms with Crippen molar-refractivity contribution in [1.82, 2.24) is 0 Å². The van der Waals surface area contributed by atoms with E-state index < -0.39 is 0 Å². The molecule has 20 heavy (non-hydrogen) atoms. The maximum absolute atomic E-state index is 7.56. The zero-order valence-electron chi connectivity index (χ0n) is 13.1. The molecule has 1 saturated heterocycles. The van der Waals surface area contributed by atoms with Crippen molar-refractivity contribution in [2.75, 3.05) is 18.0 Å². The Bertz CT molecular complexity index is 519. The van der Waals surface area contributed by atoms with Crippen LogP contribution in [0.3, 0.4) is 0 Å². The van der Waals surface area contributed by atoms with Gasteiger partial charge >= 0.3 is 0 Å². The third-order valence-electron chi connectivity index (χ3n) is 3.56. The lowest BCUT2D eigenvalue weighted by Crippen LogP contribution is -2.57. The summed E-state index contributed by atoms with van der Waals surface area (Å²) < 4.78 is 6.11. The minimum Gasteiger partial charge on any atom is -0.384 e. The molecule has 4 heteroatoms. The van der Waals surface area contributed by atoms with Gasteiger partial charge in [-0.15, -0.1) is 0 Å². The van der Waals surface area contributed by atoms with Gasteiger partial charge < -0.3 is 15.4 Å². The molecule has 1 aliphatic heterocycles. The Kier molecular flexibility index (Phi) is 3.54. The second kappa shape index (κ2) is 4.77. The van der Waals surface area contributed by atoms with Crippen molar-refractivity contribution in [1.29, 1.82) is 5.41 Å². The quantitative estimate of drug-likeness (QED) is 0.644. The Morgan fingerprint density at radius 2 is 1.75 bits per heavy atom. The van der Waals surface area contributed by atoms with Gasteiger partial charge in [-0.2, -0.15) is 0 Å². The predicted octanol–water partition coefficient (Wildman–Crippen LogP) is 2.67. The van der Waals surface area contributed by atoms with Crippen molar-refractivity contribution >= 4 is 11.5 Å². The Labute approximate surface area is 121 Å². The van der Waals surface area contributed by atoms with E-state index in [9.17, 15) is 0 Å². The lowest BCUT2D eigenvalue weighted by atomic mass is 9.97. The van der Waals surface area contributed by atoms with Crippen molar-refractivity contribution in [2.45, 2.75) is 45.8 Å². The number of nitrogens with one attached hydrogen (secondary N) is 1. The van der Waals surface area contributed by atoms with Crippen LogP contribution in [0.25, 0.3) is 0 Å². The number of hydrogen-bond acceptors (Lipinski definition) is 3. The summed E-state index contributed by atoms with van der Waals surface area (Å²) in [6.07, 6.45) is 0. The maximum Gasteiger partial charge on any atom is 0.123 e. The molecule has 4 nitrogen and oxygen atoms in total. The third kappa shape index (κ3) is 3.12. The fourth-order valence-electron chi connectivity index (χ4n) is 3.12. The largest absolute Gasteiger partial charge is 0.384 e. The van der Waals surface area contributed by atoms with Crippen molar-refractivity contribution in [3.05, 3.63) is 29.3 Å². The summed E-state index contributed by atoms with van der Waals surface area (Å²) in [5.41, 5.74) is 8.24. The van der Waals surface area contributed by atoms with Gasteiger partial charge in [0.25, 0.3) is 0 Å². The molecule has 0 aliphatic carbocycles. The summed E-state index contributed by atoms with van der Waals surface area (Å²) in [6.45, 7) is 12.2. The number of ether oxygens (including phenoxy) is 1. The average Bonchev–Trinajstić information content (AvgIpc) is 2.23. The number of anilines is 1. The van der Waals surface area contributed by atoms with Crippen molar-refractivity contribution < 1.29 is 4.74 Å². The van der Waals surface area contributed by atoms with Crippen LogP contribution in [0.5, 0.6) is 0 Å². The first-order valence-electron chi connectivity index (χ1n) is 7.00. The molecule has 1 aliphatic rings. The van der Waals surface area contributed by atoms with Gasteiger partial charge in [0.05, 0.1) is 11.2 Å². The van der Waals surface area contributed by atoms with Crippen LogP contribution in [-0.2, 0) is 4.74 Å². The molecule has 1 heterocycles. The number of nitrogen functional groups attached to an aromatic ring is 1. The average molecular weight is 275 g/mol. The Morgan fingerprint density at radius 1 is 1.20 bits per heavy atom. The van der Waals surface area contributed by atoms with E-state index in [1.54, 1.807) is 0 Å². The zero-order chi connectivity index (χ0) is 15.1. The van der Waals surface area contributed by atoms with Crippen LogP contribution in [0.1, 0.15) is 38.8 Å². The summed E-state index contributed by atoms with van der Waals surface area (Å²) in [4.78, 5) is 2.35. The van der Waals surface area contributed by atoms with Crippen molar-refractivity contribution in [3.8, 4) is 0 Å². The van der Waals surface area contributed by atoms with Crippen molar-refractivity contribution in [3.63, 3.8) is 0 Å². The summed E-state index contributed by atoms with van der Waals surface area (Å²) in [6, 6.07) is 6.08. The molecule has 0 spiro atoms. The molecule has 0 amide bonds. The van der Waals surface area contributed by atoms with Gasteiger partial charge in [0, 0.05) is 24.3 Å². The number of benzene rings is 1. The van der Waals surface area contributed by atoms with Gasteiger partial charge in [0.1, 0.15) is 5.84 Å². The van der Waals surface area contributed by atoms with Gasteiger partial charge in [0.15, 0.2) is 0 Å². The van der Waals surface area contributed by atoms with E-state index in [4.69, 9.17) is 15.9 Å². The minimum absolute atomic E-state index is 0.122. The molecule has 0 bridgehead atoms. The van der Waals surface area contributed by atoms with Gasteiger partial charge in [0.2, 0.25) is 0 Å². The number of nitrogens with two attached hydrogens (primary N) is 1. The van der Waals surface area contributed by atoms with Gasteiger partial charge in [-0.25, -0.2) is 0 Å². The molecular formula is C16H25N3O. The highest BCUT2D eigenvalue weighted by Crippen LogP contribution is 2.32. The first-order chi connectivity index (χ1) is 9.10. The lowest BCUT2D eigenvalue weighted by Gasteiger charge is -2.48. The number of nitrogens with zero attached hydrogens (tertiary/aromatic N) is 1. The fourth-order valence-corrected chi connectivity index (χ4v) is 3.12. The molecule has 0 aromatic heterocycles. The summed E-state index contributed by atoms with van der Waals surface area (Å²) in [7, 11) is 0. The van der Waals surface area contributed by atoms with Crippen LogP contribution < -0.4 is 10.6 Å². The molecule has 110 valence electrons. The normalized spacial score (nSPS) is 20.8. The molecule has 1 fully saturated rings. The topological polar surface area (TPSA) is 62.3 Å². The highest BCUT2D eigenvalue weighted by atomic mass is 16.5. The number of hydrogen-bond donors (Lipinski definition) is 2. The van der Waals surface area contributed by atoms with Crippen LogP contribution in [-0.4, -0.2) is 30.1 Å². The van der Waals surface area contributed by atoms with Crippen LogP contribution in [0, 0.1) is 12.3 Å². The smallest absolute Gasteiger partial charge is 0.123 e. The second-order valence-corrected chi connectivity index (χ2v) is 6.89. The molecule has 1 aromatic carbocycles. The van der Waals surface area contributed by atoms with E-state index in [1.165, 1.54) is 0 Å². The third-order valence-corrected chi connectivity index (χ3v) is 3.56. The standard InChI is InChI=1S/C16H25N3O/c1-11-8-12(6-7-13(11)14(17)18)19-9-15(2,3)20-16(4,5)10-19/h6-8H,9-10H2,1-5H3,(H3,17,18). The number of aryl methyl sites for hydroxylation is 1. The number of amidine groups is 1. The Balaban J connectivity index is 2.32. The number of rotatable bonds is 2. The van der Waals surface area contributed by atoms with Crippen LogP contribution >= 0.6 is 0 Å². The highest BCUT2D eigenvalue weighted by Gasteiger charge is 2.38. The summed E-state index contributed by atoms with van der Waals surface area (Å²) in [5, 5.41) is 7.56. The first kappa shape index (κ1) is 14.9. The molecule has 3 N–H and O–H groups in total. The molecule has 0 radical (unpaired) electrons. The minimum atomic E-state index is -0.172. The SMILES string of the molecule is Cc1cc(N2CC(C)(C)OC(C)(C)C2)ccc1C(=N)N. The van der Waals surface area contributed by atoms with Gasteiger partial charge in [-0.1, -0.05) is 0 Å². The van der Waals surface area contributed by atoms with E-state index >= 15 is 0 Å². The molecule has 0 atom stereocenters. The first-order valence-corrected chi connectivity index (χ1v) is 7.00. The van der Waals surface area contributed by atoms with Crippen molar-refractivity contribution in [2.24, 2.45) is 5.73 Å². The van der Waals surface area contributed by atoms with E-state index in [1.807, 2.05) is 19.1 Å². The van der Waals surface area contributed by atoms with Gasteiger partial charge in [-0.3, -0.25) is 5.41 Å². The van der Waals surface area contributed by atoms with Crippen LogP contribution in [0.4, 0.5) is 5.69 Å². The lowest BCUT2D eigenvalue weighted by molar-refractivity contribution is -0.133. The zero-order valence-corrected chi connectivity index (χ0v) is 13.1. The molecule has 0 unspecified atom stereocenters. The van der Waals surface area contributed by atoms with E-state index in [-0.39, 0.29) is 17.0 Å². The number of morpholine rings is 1. The van der Waals surface area contributed by atoms with E-state index in [0.717, 1.165) is 29.9 Å². The van der Waals surface area contributed by atoms with E-state index in [0.29, 0.717) is 0 Å². The van der Waals surface area contributed by atoms with Gasteiger partial charge in [-0.05, 0) is 58.4 Å². The second-order valence-electron chi connectivity index (χ2n) is 6.89.